The number of hydrogen-bond donors (Lipinski definition) is 0. The first-order valence-electron chi connectivity index (χ1n) is 5.94. The van der Waals surface area contributed by atoms with Gasteiger partial charge in [0, 0.05) is 5.88 Å². The zero-order valence-electron chi connectivity index (χ0n) is 11.7. The molecule has 0 bridgehead atoms. The Morgan fingerprint density at radius 3 is 1.32 bits per heavy atom. The fourth-order valence-electron chi connectivity index (χ4n) is 1.10. The van der Waals surface area contributed by atoms with E-state index in [2.05, 4.69) is 19.1 Å². The molecule has 0 saturated heterocycles. The van der Waals surface area contributed by atoms with Crippen LogP contribution in [-0.4, -0.2) is 0 Å². The Morgan fingerprint density at radius 2 is 1.11 bits per heavy atom. The highest BCUT2D eigenvalue weighted by atomic mass is 35.5. The fraction of sp³-hybridized carbons (Fsp3) is 0.250. The van der Waals surface area contributed by atoms with Crippen molar-refractivity contribution in [3.05, 3.63) is 71.8 Å². The molecule has 19 heavy (non-hydrogen) atoms. The molecule has 0 aliphatic heterocycles. The lowest BCUT2D eigenvalue weighted by atomic mass is 10.2. The van der Waals surface area contributed by atoms with E-state index in [1.54, 1.807) is 0 Å². The summed E-state index contributed by atoms with van der Waals surface area (Å²) in [6, 6.07) is 20.2. The van der Waals surface area contributed by atoms with Gasteiger partial charge in [-0.15, -0.1) is 36.4 Å². The average Bonchev–Trinajstić information content (AvgIpc) is 2.43. The molecular formula is C16H23Cl3. The molecule has 0 aliphatic carbocycles. The molecule has 0 fully saturated rings. The molecule has 0 spiro atoms. The van der Waals surface area contributed by atoms with E-state index < -0.39 is 0 Å². The average molecular weight is 322 g/mol. The Bertz CT molecular complexity index is 360. The van der Waals surface area contributed by atoms with Crippen molar-refractivity contribution >= 4 is 36.4 Å². The van der Waals surface area contributed by atoms with Gasteiger partial charge >= 0.3 is 0 Å². The number of halogens is 3. The van der Waals surface area contributed by atoms with Gasteiger partial charge < -0.3 is 0 Å². The Morgan fingerprint density at radius 1 is 0.737 bits per heavy atom. The summed E-state index contributed by atoms with van der Waals surface area (Å²) in [4.78, 5) is 0. The molecule has 0 nitrogen and oxygen atoms in total. The molecule has 0 N–H and O–H groups in total. The molecule has 0 atom stereocenters. The van der Waals surface area contributed by atoms with Gasteiger partial charge in [0.05, 0.1) is 0 Å². The van der Waals surface area contributed by atoms with Crippen LogP contribution >= 0.6 is 36.4 Å². The summed E-state index contributed by atoms with van der Waals surface area (Å²) in [5.74, 6) is 0.612. The minimum Gasteiger partial charge on any atom is -0.147 e. The fourth-order valence-corrected chi connectivity index (χ4v) is 1.28. The molecule has 2 aromatic rings. The van der Waals surface area contributed by atoms with Crippen molar-refractivity contribution in [2.24, 2.45) is 0 Å². The summed E-state index contributed by atoms with van der Waals surface area (Å²) in [7, 11) is 0. The topological polar surface area (TPSA) is 0 Å². The smallest absolute Gasteiger partial charge is 0.0474 e. The third-order valence-electron chi connectivity index (χ3n) is 1.94. The Hall–Kier alpha value is -0.690. The van der Waals surface area contributed by atoms with Crippen molar-refractivity contribution in [3.8, 4) is 0 Å². The van der Waals surface area contributed by atoms with E-state index >= 15 is 0 Å². The second kappa shape index (κ2) is 17.3. The van der Waals surface area contributed by atoms with Crippen LogP contribution in [0.25, 0.3) is 0 Å². The Kier molecular flexibility index (Phi) is 21.3. The lowest BCUT2D eigenvalue weighted by molar-refractivity contribution is 1.41. The monoisotopic (exact) mass is 320 g/mol. The lowest BCUT2D eigenvalue weighted by Gasteiger charge is -1.88. The van der Waals surface area contributed by atoms with Gasteiger partial charge in [0.25, 0.3) is 0 Å². The number of rotatable bonds is 1. The van der Waals surface area contributed by atoms with E-state index in [0.717, 1.165) is 0 Å². The minimum absolute atomic E-state index is 0. The van der Waals surface area contributed by atoms with Gasteiger partial charge in [-0.2, -0.15) is 0 Å². The normalized spacial score (nSPS) is 7.37. The van der Waals surface area contributed by atoms with Crippen LogP contribution in [-0.2, 0) is 5.88 Å². The molecule has 3 heteroatoms. The predicted octanol–water partition coefficient (Wildman–Crippen LogP) is 6.29. The zero-order valence-corrected chi connectivity index (χ0v) is 14.1. The first kappa shape index (κ1) is 23.4. The molecule has 2 aromatic carbocycles. The molecule has 0 amide bonds. The van der Waals surface area contributed by atoms with Gasteiger partial charge in [-0.1, -0.05) is 80.1 Å². The van der Waals surface area contributed by atoms with Crippen molar-refractivity contribution in [2.75, 3.05) is 0 Å². The highest BCUT2D eigenvalue weighted by Crippen LogP contribution is 2.00. The molecule has 0 unspecified atom stereocenters. The molecule has 0 radical (unpaired) electrons. The summed E-state index contributed by atoms with van der Waals surface area (Å²) in [6.45, 7) is 6.08. The first-order valence-corrected chi connectivity index (χ1v) is 6.48. The van der Waals surface area contributed by atoms with Crippen LogP contribution in [0.15, 0.2) is 60.7 Å². The van der Waals surface area contributed by atoms with Crippen molar-refractivity contribution in [1.29, 1.82) is 0 Å². The van der Waals surface area contributed by atoms with Crippen LogP contribution in [0.3, 0.4) is 0 Å². The van der Waals surface area contributed by atoms with Gasteiger partial charge in [0.2, 0.25) is 0 Å². The number of hydrogen-bond acceptors (Lipinski definition) is 0. The largest absolute Gasteiger partial charge is 0.147 e. The maximum atomic E-state index is 5.53. The highest BCUT2D eigenvalue weighted by molar-refractivity contribution is 6.17. The Labute approximate surface area is 135 Å². The number of alkyl halides is 1. The summed E-state index contributed by atoms with van der Waals surface area (Å²) in [5, 5.41) is 0. The maximum Gasteiger partial charge on any atom is 0.0474 e. The van der Waals surface area contributed by atoms with Crippen molar-refractivity contribution in [1.82, 2.24) is 0 Å². The molecule has 108 valence electrons. The van der Waals surface area contributed by atoms with Gasteiger partial charge in [0.15, 0.2) is 0 Å². The third-order valence-corrected chi connectivity index (χ3v) is 2.25. The first-order chi connectivity index (χ1) is 8.33. The third kappa shape index (κ3) is 13.5. The highest BCUT2D eigenvalue weighted by Gasteiger charge is 1.81. The quantitative estimate of drug-likeness (QED) is 0.541. The van der Waals surface area contributed by atoms with E-state index in [0.29, 0.717) is 5.88 Å². The van der Waals surface area contributed by atoms with Crippen molar-refractivity contribution in [3.63, 3.8) is 0 Å². The lowest BCUT2D eigenvalue weighted by Crippen LogP contribution is -1.71. The summed E-state index contributed by atoms with van der Waals surface area (Å²) in [5.41, 5.74) is 2.50. The van der Waals surface area contributed by atoms with Gasteiger partial charge in [0.1, 0.15) is 0 Å². The van der Waals surface area contributed by atoms with Crippen molar-refractivity contribution < 1.29 is 0 Å². The van der Waals surface area contributed by atoms with E-state index in [1.807, 2.05) is 62.4 Å². The van der Waals surface area contributed by atoms with Gasteiger partial charge in [-0.25, -0.2) is 0 Å². The standard InChI is InChI=1S/C7H7Cl.C7H8.C2H6.2ClH/c8-6-7-4-2-1-3-5-7;1-7-5-3-2-4-6-7;1-2;;/h1-5H,6H2;2-6H,1H3;1-2H3;2*1H. The number of aryl methyl sites for hydroxylation is 1. The molecule has 0 saturated carbocycles. The molecule has 2 rings (SSSR count). The van der Waals surface area contributed by atoms with Crippen LogP contribution < -0.4 is 0 Å². The van der Waals surface area contributed by atoms with E-state index in [1.165, 1.54) is 11.1 Å². The summed E-state index contributed by atoms with van der Waals surface area (Å²) in [6.07, 6.45) is 0. The van der Waals surface area contributed by atoms with E-state index in [-0.39, 0.29) is 24.8 Å². The molecule has 0 heterocycles. The van der Waals surface area contributed by atoms with E-state index in [4.69, 9.17) is 11.6 Å². The van der Waals surface area contributed by atoms with Crippen LogP contribution in [0.5, 0.6) is 0 Å². The maximum absolute atomic E-state index is 5.53. The second-order valence-electron chi connectivity index (χ2n) is 3.27. The molecule has 0 aromatic heterocycles. The SMILES string of the molecule is CC.Cc1ccccc1.Cl.Cl.ClCc1ccccc1. The van der Waals surface area contributed by atoms with Gasteiger partial charge in [-0.3, -0.25) is 0 Å². The zero-order chi connectivity index (χ0) is 12.9. The van der Waals surface area contributed by atoms with Crippen LogP contribution in [0.4, 0.5) is 0 Å². The summed E-state index contributed by atoms with van der Waals surface area (Å²) < 4.78 is 0. The van der Waals surface area contributed by atoms with Gasteiger partial charge in [-0.05, 0) is 12.5 Å². The number of benzene rings is 2. The second-order valence-corrected chi connectivity index (χ2v) is 3.54. The summed E-state index contributed by atoms with van der Waals surface area (Å²) >= 11 is 5.53. The Balaban J connectivity index is -0.000000219. The van der Waals surface area contributed by atoms with Crippen molar-refractivity contribution in [2.45, 2.75) is 26.7 Å². The predicted molar refractivity (Wildman–Crippen MR) is 93.0 cm³/mol. The van der Waals surface area contributed by atoms with Crippen LogP contribution in [0, 0.1) is 6.92 Å². The molecular weight excluding hydrogens is 299 g/mol. The van der Waals surface area contributed by atoms with Crippen LogP contribution in [0.1, 0.15) is 25.0 Å². The van der Waals surface area contributed by atoms with E-state index in [9.17, 15) is 0 Å². The minimum atomic E-state index is 0. The molecule has 0 aliphatic rings. The van der Waals surface area contributed by atoms with Crippen LogP contribution in [0.2, 0.25) is 0 Å².